The summed E-state index contributed by atoms with van der Waals surface area (Å²) in [7, 11) is 0. The van der Waals surface area contributed by atoms with Crippen LogP contribution in [0, 0.1) is 11.3 Å². The molecule has 3 aromatic rings. The molecule has 1 aliphatic rings. The molecular formula is C22H20N4O2. The minimum absolute atomic E-state index is 0.124. The van der Waals surface area contributed by atoms with Crippen molar-refractivity contribution in [1.82, 2.24) is 10.1 Å². The monoisotopic (exact) mass is 372 g/mol. The molecule has 0 bridgehead atoms. The molecule has 1 saturated heterocycles. The third-order valence-corrected chi connectivity index (χ3v) is 4.94. The number of hydrogen-bond acceptors (Lipinski definition) is 5. The predicted octanol–water partition coefficient (Wildman–Crippen LogP) is 3.57. The van der Waals surface area contributed by atoms with Crippen molar-refractivity contribution in [3.05, 3.63) is 71.9 Å². The number of rotatable bonds is 3. The molecule has 0 spiro atoms. The van der Waals surface area contributed by atoms with Gasteiger partial charge in [0, 0.05) is 37.8 Å². The van der Waals surface area contributed by atoms with E-state index in [1.165, 1.54) is 0 Å². The molecule has 0 radical (unpaired) electrons. The predicted molar refractivity (Wildman–Crippen MR) is 106 cm³/mol. The average molecular weight is 372 g/mol. The van der Waals surface area contributed by atoms with Gasteiger partial charge in [-0.15, -0.1) is 0 Å². The molecule has 1 amide bonds. The summed E-state index contributed by atoms with van der Waals surface area (Å²) in [5.74, 6) is 0.463. The number of para-hydroxylation sites is 1. The van der Waals surface area contributed by atoms with Gasteiger partial charge in [0.25, 0.3) is 5.91 Å². The zero-order valence-electron chi connectivity index (χ0n) is 15.4. The lowest BCUT2D eigenvalue weighted by atomic mass is 10.1. The first-order valence-electron chi connectivity index (χ1n) is 9.32. The fourth-order valence-corrected chi connectivity index (χ4v) is 3.48. The highest BCUT2D eigenvalue weighted by Gasteiger charge is 2.24. The summed E-state index contributed by atoms with van der Waals surface area (Å²) in [4.78, 5) is 16.9. The van der Waals surface area contributed by atoms with Crippen LogP contribution < -0.4 is 4.90 Å². The number of nitrogens with zero attached hydrogens (tertiary/aromatic N) is 4. The Hall–Kier alpha value is -3.59. The van der Waals surface area contributed by atoms with Crippen LogP contribution in [0.2, 0.25) is 0 Å². The van der Waals surface area contributed by atoms with Gasteiger partial charge in [-0.2, -0.15) is 5.26 Å². The molecule has 0 atom stereocenters. The second kappa shape index (κ2) is 7.97. The first kappa shape index (κ1) is 17.8. The Morgan fingerprint density at radius 3 is 2.61 bits per heavy atom. The number of carbonyl (C=O) groups is 1. The molecule has 140 valence electrons. The second-order valence-electron chi connectivity index (χ2n) is 6.70. The SMILES string of the molecule is N#Cc1ccccc1N1CCCN(C(=O)c2cc(-c3ccccc3)on2)CC1. The fraction of sp³-hybridized carbons (Fsp3) is 0.227. The molecule has 1 fully saturated rings. The summed E-state index contributed by atoms with van der Waals surface area (Å²) in [6.45, 7) is 2.70. The third kappa shape index (κ3) is 3.60. The van der Waals surface area contributed by atoms with E-state index in [0.29, 0.717) is 36.7 Å². The van der Waals surface area contributed by atoms with Crippen LogP contribution in [-0.4, -0.2) is 42.1 Å². The van der Waals surface area contributed by atoms with Gasteiger partial charge in [0.05, 0.1) is 11.3 Å². The number of nitriles is 1. The van der Waals surface area contributed by atoms with Gasteiger partial charge in [0.2, 0.25) is 0 Å². The maximum absolute atomic E-state index is 12.9. The summed E-state index contributed by atoms with van der Waals surface area (Å²) in [6.07, 6.45) is 0.828. The Bertz CT molecular complexity index is 1010. The molecule has 4 rings (SSSR count). The minimum Gasteiger partial charge on any atom is -0.369 e. The van der Waals surface area contributed by atoms with Crippen molar-refractivity contribution >= 4 is 11.6 Å². The van der Waals surface area contributed by atoms with Crippen molar-refractivity contribution in [3.63, 3.8) is 0 Å². The zero-order chi connectivity index (χ0) is 19.3. The molecule has 0 unspecified atom stereocenters. The van der Waals surface area contributed by atoms with Gasteiger partial charge in [-0.3, -0.25) is 4.79 Å². The number of carbonyl (C=O) groups excluding carboxylic acids is 1. The van der Waals surface area contributed by atoms with Gasteiger partial charge in [-0.1, -0.05) is 47.6 Å². The van der Waals surface area contributed by atoms with Crippen LogP contribution in [0.4, 0.5) is 5.69 Å². The first-order valence-corrected chi connectivity index (χ1v) is 9.32. The Balaban J connectivity index is 1.47. The summed E-state index contributed by atoms with van der Waals surface area (Å²) < 4.78 is 5.37. The molecule has 0 aliphatic carbocycles. The fourth-order valence-electron chi connectivity index (χ4n) is 3.48. The lowest BCUT2D eigenvalue weighted by Crippen LogP contribution is -2.35. The van der Waals surface area contributed by atoms with Crippen LogP contribution in [0.5, 0.6) is 0 Å². The van der Waals surface area contributed by atoms with Gasteiger partial charge in [-0.25, -0.2) is 0 Å². The molecule has 2 aromatic carbocycles. The number of amides is 1. The lowest BCUT2D eigenvalue weighted by Gasteiger charge is -2.24. The Labute approximate surface area is 163 Å². The van der Waals surface area contributed by atoms with Crippen LogP contribution in [0.15, 0.2) is 65.2 Å². The molecule has 1 aromatic heterocycles. The normalized spacial score (nSPS) is 14.4. The van der Waals surface area contributed by atoms with Crippen LogP contribution in [-0.2, 0) is 0 Å². The maximum atomic E-state index is 12.9. The topological polar surface area (TPSA) is 73.4 Å². The van der Waals surface area contributed by atoms with Crippen molar-refractivity contribution in [2.24, 2.45) is 0 Å². The summed E-state index contributed by atoms with van der Waals surface area (Å²) in [5, 5.41) is 13.3. The standard InChI is InChI=1S/C22H20N4O2/c23-16-18-9-4-5-10-20(18)25-11-6-12-26(14-13-25)22(27)19-15-21(28-24-19)17-7-2-1-3-8-17/h1-5,7-10,15H,6,11-14H2. The van der Waals surface area contributed by atoms with E-state index in [4.69, 9.17) is 4.52 Å². The van der Waals surface area contributed by atoms with Crippen molar-refractivity contribution in [2.45, 2.75) is 6.42 Å². The molecule has 28 heavy (non-hydrogen) atoms. The van der Waals surface area contributed by atoms with E-state index < -0.39 is 0 Å². The third-order valence-electron chi connectivity index (χ3n) is 4.94. The molecule has 6 heteroatoms. The number of hydrogen-bond donors (Lipinski definition) is 0. The number of anilines is 1. The van der Waals surface area contributed by atoms with E-state index in [9.17, 15) is 10.1 Å². The highest BCUT2D eigenvalue weighted by atomic mass is 16.5. The molecule has 0 N–H and O–H groups in total. The quantitative estimate of drug-likeness (QED) is 0.703. The van der Waals surface area contributed by atoms with Gasteiger partial charge in [-0.05, 0) is 18.6 Å². The van der Waals surface area contributed by atoms with E-state index in [0.717, 1.165) is 24.2 Å². The number of benzene rings is 2. The van der Waals surface area contributed by atoms with Crippen LogP contribution in [0.3, 0.4) is 0 Å². The molecule has 2 heterocycles. The summed E-state index contributed by atoms with van der Waals surface area (Å²) in [6, 6.07) is 21.1. The highest BCUT2D eigenvalue weighted by molar-refractivity contribution is 5.93. The smallest absolute Gasteiger partial charge is 0.276 e. The Morgan fingerprint density at radius 2 is 1.79 bits per heavy atom. The van der Waals surface area contributed by atoms with Crippen LogP contribution >= 0.6 is 0 Å². The number of aromatic nitrogens is 1. The lowest BCUT2D eigenvalue weighted by molar-refractivity contribution is 0.0756. The van der Waals surface area contributed by atoms with Crippen LogP contribution in [0.25, 0.3) is 11.3 Å². The largest absolute Gasteiger partial charge is 0.369 e. The van der Waals surface area contributed by atoms with Gasteiger partial charge in [0.15, 0.2) is 11.5 Å². The van der Waals surface area contributed by atoms with Crippen LogP contribution in [0.1, 0.15) is 22.5 Å². The molecule has 0 saturated carbocycles. The van der Waals surface area contributed by atoms with E-state index in [-0.39, 0.29) is 5.91 Å². The molecule has 1 aliphatic heterocycles. The second-order valence-corrected chi connectivity index (χ2v) is 6.70. The Kier molecular flexibility index (Phi) is 5.07. The van der Waals surface area contributed by atoms with Gasteiger partial charge >= 0.3 is 0 Å². The Morgan fingerprint density at radius 1 is 1.00 bits per heavy atom. The van der Waals surface area contributed by atoms with Crippen molar-refractivity contribution in [2.75, 3.05) is 31.1 Å². The zero-order valence-corrected chi connectivity index (χ0v) is 15.4. The van der Waals surface area contributed by atoms with E-state index in [1.54, 1.807) is 6.07 Å². The van der Waals surface area contributed by atoms with Crippen molar-refractivity contribution in [3.8, 4) is 17.4 Å². The molecule has 6 nitrogen and oxygen atoms in total. The van der Waals surface area contributed by atoms with Gasteiger partial charge < -0.3 is 14.3 Å². The summed E-state index contributed by atoms with van der Waals surface area (Å²) >= 11 is 0. The molecular weight excluding hydrogens is 352 g/mol. The maximum Gasteiger partial charge on any atom is 0.276 e. The summed E-state index contributed by atoms with van der Waals surface area (Å²) in [5.41, 5.74) is 2.80. The van der Waals surface area contributed by atoms with Gasteiger partial charge in [0.1, 0.15) is 6.07 Å². The van der Waals surface area contributed by atoms with Crippen molar-refractivity contribution in [1.29, 1.82) is 5.26 Å². The minimum atomic E-state index is -0.124. The van der Waals surface area contributed by atoms with E-state index in [1.807, 2.05) is 59.5 Å². The highest BCUT2D eigenvalue weighted by Crippen LogP contribution is 2.23. The average Bonchev–Trinajstić information content (AvgIpc) is 3.12. The van der Waals surface area contributed by atoms with Crippen molar-refractivity contribution < 1.29 is 9.32 Å². The van der Waals surface area contributed by atoms with E-state index >= 15 is 0 Å². The first-order chi connectivity index (χ1) is 13.8. The van der Waals surface area contributed by atoms with E-state index in [2.05, 4.69) is 16.1 Å².